The van der Waals surface area contributed by atoms with Gasteiger partial charge in [0.05, 0.1) is 0 Å². The molecular formula is C13H19N3O. The van der Waals surface area contributed by atoms with Crippen molar-refractivity contribution < 1.29 is 5.21 Å². The summed E-state index contributed by atoms with van der Waals surface area (Å²) in [4.78, 5) is 2.23. The fraction of sp³-hybridized carbons (Fsp3) is 0.462. The molecule has 1 aromatic carbocycles. The zero-order valence-corrected chi connectivity index (χ0v) is 10.1. The first-order chi connectivity index (χ1) is 8.20. The quantitative estimate of drug-likeness (QED) is 0.362. The van der Waals surface area contributed by atoms with Crippen LogP contribution < -0.4 is 10.6 Å². The SMILES string of the molecule is CN(CC1CCC1)c1cccc(C(N)=NO)c1. The summed E-state index contributed by atoms with van der Waals surface area (Å²) in [7, 11) is 2.09. The molecule has 0 radical (unpaired) electrons. The van der Waals surface area contributed by atoms with E-state index in [4.69, 9.17) is 10.9 Å². The van der Waals surface area contributed by atoms with Gasteiger partial charge in [0.1, 0.15) is 0 Å². The van der Waals surface area contributed by atoms with Gasteiger partial charge >= 0.3 is 0 Å². The van der Waals surface area contributed by atoms with E-state index in [9.17, 15) is 0 Å². The van der Waals surface area contributed by atoms with Crippen molar-refractivity contribution in [3.63, 3.8) is 0 Å². The van der Waals surface area contributed by atoms with E-state index in [2.05, 4.69) is 17.1 Å². The third kappa shape index (κ3) is 2.70. The van der Waals surface area contributed by atoms with E-state index < -0.39 is 0 Å². The number of nitrogens with zero attached hydrogens (tertiary/aromatic N) is 2. The minimum absolute atomic E-state index is 0.156. The van der Waals surface area contributed by atoms with Crippen LogP contribution in [0.5, 0.6) is 0 Å². The van der Waals surface area contributed by atoms with Crippen LogP contribution in [0.2, 0.25) is 0 Å². The van der Waals surface area contributed by atoms with E-state index in [1.807, 2.05) is 24.3 Å². The Kier molecular flexibility index (Phi) is 3.52. The van der Waals surface area contributed by atoms with Crippen molar-refractivity contribution >= 4 is 11.5 Å². The molecule has 17 heavy (non-hydrogen) atoms. The van der Waals surface area contributed by atoms with Crippen LogP contribution in [0.15, 0.2) is 29.4 Å². The summed E-state index contributed by atoms with van der Waals surface area (Å²) in [6.07, 6.45) is 4.04. The van der Waals surface area contributed by atoms with Crippen LogP contribution in [0.25, 0.3) is 0 Å². The lowest BCUT2D eigenvalue weighted by Crippen LogP contribution is -2.29. The van der Waals surface area contributed by atoms with Crippen LogP contribution in [0.1, 0.15) is 24.8 Å². The van der Waals surface area contributed by atoms with E-state index in [0.717, 1.165) is 23.7 Å². The van der Waals surface area contributed by atoms with E-state index in [1.54, 1.807) is 0 Å². The maximum Gasteiger partial charge on any atom is 0.170 e. The molecule has 1 fully saturated rings. The molecule has 0 saturated heterocycles. The highest BCUT2D eigenvalue weighted by molar-refractivity contribution is 5.97. The zero-order chi connectivity index (χ0) is 12.3. The molecule has 1 aliphatic carbocycles. The molecule has 0 bridgehead atoms. The average Bonchev–Trinajstić information content (AvgIpc) is 2.32. The van der Waals surface area contributed by atoms with Gasteiger partial charge in [-0.2, -0.15) is 0 Å². The summed E-state index contributed by atoms with van der Waals surface area (Å²) in [5, 5.41) is 11.7. The van der Waals surface area contributed by atoms with Gasteiger partial charge in [0.25, 0.3) is 0 Å². The fourth-order valence-electron chi connectivity index (χ4n) is 2.13. The van der Waals surface area contributed by atoms with Crippen LogP contribution in [0.3, 0.4) is 0 Å². The van der Waals surface area contributed by atoms with E-state index >= 15 is 0 Å². The Morgan fingerprint density at radius 2 is 2.29 bits per heavy atom. The van der Waals surface area contributed by atoms with Gasteiger partial charge in [-0.1, -0.05) is 23.7 Å². The Hall–Kier alpha value is -1.71. The average molecular weight is 233 g/mol. The molecule has 1 aromatic rings. The summed E-state index contributed by atoms with van der Waals surface area (Å²) in [6.45, 7) is 1.08. The number of benzene rings is 1. The van der Waals surface area contributed by atoms with Crippen LogP contribution in [-0.2, 0) is 0 Å². The molecule has 0 heterocycles. The molecule has 1 saturated carbocycles. The van der Waals surface area contributed by atoms with Crippen LogP contribution in [0.4, 0.5) is 5.69 Å². The van der Waals surface area contributed by atoms with Gasteiger partial charge in [-0.3, -0.25) is 0 Å². The van der Waals surface area contributed by atoms with Crippen molar-refractivity contribution in [1.82, 2.24) is 0 Å². The normalized spacial score (nSPS) is 16.6. The van der Waals surface area contributed by atoms with E-state index in [-0.39, 0.29) is 5.84 Å². The maximum absolute atomic E-state index is 8.66. The monoisotopic (exact) mass is 233 g/mol. The standard InChI is InChI=1S/C13H19N3O/c1-16(9-10-4-2-5-10)12-7-3-6-11(8-12)13(14)15-17/h3,6-8,10,17H,2,4-5,9H2,1H3,(H2,14,15). The van der Waals surface area contributed by atoms with E-state index in [0.29, 0.717) is 0 Å². The molecule has 0 aromatic heterocycles. The largest absolute Gasteiger partial charge is 0.409 e. The van der Waals surface area contributed by atoms with Crippen LogP contribution >= 0.6 is 0 Å². The topological polar surface area (TPSA) is 61.8 Å². The lowest BCUT2D eigenvalue weighted by Gasteiger charge is -2.31. The van der Waals surface area contributed by atoms with Crippen molar-refractivity contribution in [3.8, 4) is 0 Å². The predicted octanol–water partition coefficient (Wildman–Crippen LogP) is 2.02. The molecule has 0 atom stereocenters. The molecule has 1 aliphatic rings. The molecule has 0 aliphatic heterocycles. The van der Waals surface area contributed by atoms with Crippen molar-refractivity contribution in [2.45, 2.75) is 19.3 Å². The van der Waals surface area contributed by atoms with Gasteiger partial charge in [0, 0.05) is 24.8 Å². The zero-order valence-electron chi connectivity index (χ0n) is 10.1. The Morgan fingerprint density at radius 1 is 1.53 bits per heavy atom. The number of nitrogens with two attached hydrogens (primary N) is 1. The van der Waals surface area contributed by atoms with Gasteiger partial charge in [0.15, 0.2) is 5.84 Å². The number of rotatable bonds is 4. The minimum atomic E-state index is 0.156. The Bertz CT molecular complexity index is 413. The number of anilines is 1. The highest BCUT2D eigenvalue weighted by Gasteiger charge is 2.19. The lowest BCUT2D eigenvalue weighted by atomic mass is 9.85. The van der Waals surface area contributed by atoms with Crippen molar-refractivity contribution in [3.05, 3.63) is 29.8 Å². The number of hydrogen-bond donors (Lipinski definition) is 2. The van der Waals surface area contributed by atoms with Crippen LogP contribution in [-0.4, -0.2) is 24.6 Å². The van der Waals surface area contributed by atoms with Gasteiger partial charge in [-0.25, -0.2) is 0 Å². The molecule has 3 N–H and O–H groups in total. The summed E-state index contributed by atoms with van der Waals surface area (Å²) in [6, 6.07) is 7.77. The highest BCUT2D eigenvalue weighted by atomic mass is 16.4. The smallest absolute Gasteiger partial charge is 0.170 e. The van der Waals surface area contributed by atoms with Crippen molar-refractivity contribution in [1.29, 1.82) is 0 Å². The van der Waals surface area contributed by atoms with Crippen LogP contribution in [0, 0.1) is 5.92 Å². The lowest BCUT2D eigenvalue weighted by molar-refractivity contribution is 0.318. The fourth-order valence-corrected chi connectivity index (χ4v) is 2.13. The first kappa shape index (κ1) is 11.8. The first-order valence-corrected chi connectivity index (χ1v) is 6.00. The summed E-state index contributed by atoms with van der Waals surface area (Å²) < 4.78 is 0. The molecule has 92 valence electrons. The van der Waals surface area contributed by atoms with Crippen molar-refractivity contribution in [2.24, 2.45) is 16.8 Å². The Balaban J connectivity index is 2.08. The van der Waals surface area contributed by atoms with Gasteiger partial charge in [-0.05, 0) is 30.9 Å². The Morgan fingerprint density at radius 3 is 2.88 bits per heavy atom. The third-order valence-electron chi connectivity index (χ3n) is 3.45. The number of amidine groups is 1. The molecule has 0 unspecified atom stereocenters. The second-order valence-electron chi connectivity index (χ2n) is 4.71. The van der Waals surface area contributed by atoms with Crippen molar-refractivity contribution in [2.75, 3.05) is 18.5 Å². The Labute approximate surface area is 102 Å². The molecule has 4 heteroatoms. The maximum atomic E-state index is 8.66. The summed E-state index contributed by atoms with van der Waals surface area (Å²) in [5.41, 5.74) is 7.45. The minimum Gasteiger partial charge on any atom is -0.409 e. The van der Waals surface area contributed by atoms with Gasteiger partial charge in [0.2, 0.25) is 0 Å². The molecule has 4 nitrogen and oxygen atoms in total. The molecule has 2 rings (SSSR count). The summed E-state index contributed by atoms with van der Waals surface area (Å²) in [5.74, 6) is 0.983. The molecule has 0 spiro atoms. The molecular weight excluding hydrogens is 214 g/mol. The highest BCUT2D eigenvalue weighted by Crippen LogP contribution is 2.28. The third-order valence-corrected chi connectivity index (χ3v) is 3.45. The first-order valence-electron chi connectivity index (χ1n) is 6.00. The second kappa shape index (κ2) is 5.08. The van der Waals surface area contributed by atoms with Gasteiger partial charge in [-0.15, -0.1) is 0 Å². The summed E-state index contributed by atoms with van der Waals surface area (Å²) >= 11 is 0. The molecule has 0 amide bonds. The number of hydrogen-bond acceptors (Lipinski definition) is 3. The van der Waals surface area contributed by atoms with E-state index in [1.165, 1.54) is 19.3 Å². The second-order valence-corrected chi connectivity index (χ2v) is 4.71. The van der Waals surface area contributed by atoms with Gasteiger partial charge < -0.3 is 15.8 Å². The number of oxime groups is 1. The predicted molar refractivity (Wildman–Crippen MR) is 69.6 cm³/mol.